The van der Waals surface area contributed by atoms with Gasteiger partial charge in [0.1, 0.15) is 0 Å². The molecule has 1 aromatic rings. The zero-order valence-corrected chi connectivity index (χ0v) is 9.45. The van der Waals surface area contributed by atoms with Gasteiger partial charge in [0.05, 0.1) is 0 Å². The van der Waals surface area contributed by atoms with E-state index in [2.05, 4.69) is 36.2 Å². The van der Waals surface area contributed by atoms with E-state index in [1.54, 1.807) is 0 Å². The molecule has 2 rings (SSSR count). The third-order valence-electron chi connectivity index (χ3n) is 3.37. The first kappa shape index (κ1) is 10.5. The van der Waals surface area contributed by atoms with Crippen LogP contribution < -0.4 is 10.6 Å². The summed E-state index contributed by atoms with van der Waals surface area (Å²) in [6, 6.07) is 8.57. The first-order valence-corrected chi connectivity index (χ1v) is 5.79. The zero-order chi connectivity index (χ0) is 10.7. The minimum absolute atomic E-state index is 0.632. The molecule has 2 nitrogen and oxygen atoms in total. The summed E-state index contributed by atoms with van der Waals surface area (Å²) < 4.78 is 0. The summed E-state index contributed by atoms with van der Waals surface area (Å²) in [6.45, 7) is 1.83. The van der Waals surface area contributed by atoms with Gasteiger partial charge in [-0.2, -0.15) is 0 Å². The Bertz CT molecular complexity index is 301. The van der Waals surface area contributed by atoms with Crippen molar-refractivity contribution in [3.8, 4) is 0 Å². The van der Waals surface area contributed by atoms with Crippen LogP contribution in [0.25, 0.3) is 0 Å². The van der Waals surface area contributed by atoms with Crippen LogP contribution in [0.15, 0.2) is 24.3 Å². The van der Waals surface area contributed by atoms with E-state index < -0.39 is 0 Å². The fraction of sp³-hybridized carbons (Fsp3) is 0.538. The van der Waals surface area contributed by atoms with Crippen molar-refractivity contribution in [2.75, 3.05) is 18.5 Å². The second-order valence-corrected chi connectivity index (χ2v) is 4.55. The van der Waals surface area contributed by atoms with Crippen molar-refractivity contribution < 1.29 is 0 Å². The molecule has 0 saturated heterocycles. The van der Waals surface area contributed by atoms with Crippen LogP contribution in [-0.4, -0.2) is 13.6 Å². The first-order valence-electron chi connectivity index (χ1n) is 5.79. The third-order valence-corrected chi connectivity index (χ3v) is 3.37. The largest absolute Gasteiger partial charge is 0.374 e. The van der Waals surface area contributed by atoms with Gasteiger partial charge in [-0.3, -0.25) is 0 Å². The average Bonchev–Trinajstić information content (AvgIpc) is 2.23. The van der Waals surface area contributed by atoms with Gasteiger partial charge in [0, 0.05) is 25.8 Å². The fourth-order valence-corrected chi connectivity index (χ4v) is 2.05. The molecule has 82 valence electrons. The highest BCUT2D eigenvalue weighted by molar-refractivity contribution is 5.46. The molecule has 1 fully saturated rings. The molecule has 0 spiro atoms. The second-order valence-electron chi connectivity index (χ2n) is 4.55. The third kappa shape index (κ3) is 2.51. The Labute approximate surface area is 92.1 Å². The van der Waals surface area contributed by atoms with E-state index in [-0.39, 0.29) is 0 Å². The van der Waals surface area contributed by atoms with Crippen LogP contribution in [0.2, 0.25) is 0 Å². The molecule has 0 unspecified atom stereocenters. The summed E-state index contributed by atoms with van der Waals surface area (Å²) in [4.78, 5) is 2.35. The maximum Gasteiger partial charge on any atom is 0.0363 e. The fourth-order valence-electron chi connectivity index (χ4n) is 2.05. The second kappa shape index (κ2) is 4.67. The molecule has 2 heteroatoms. The molecular weight excluding hydrogens is 184 g/mol. The molecule has 0 atom stereocenters. The Hall–Kier alpha value is -1.02. The van der Waals surface area contributed by atoms with Crippen LogP contribution in [0, 0.1) is 5.92 Å². The smallest absolute Gasteiger partial charge is 0.0363 e. The molecule has 1 aliphatic rings. The molecule has 1 aromatic carbocycles. The lowest BCUT2D eigenvalue weighted by atomic mass is 9.85. The van der Waals surface area contributed by atoms with Gasteiger partial charge in [-0.05, 0) is 36.5 Å². The van der Waals surface area contributed by atoms with Gasteiger partial charge in [-0.1, -0.05) is 18.6 Å². The molecule has 15 heavy (non-hydrogen) atoms. The summed E-state index contributed by atoms with van der Waals surface area (Å²) >= 11 is 0. The lowest BCUT2D eigenvalue weighted by molar-refractivity contribution is 0.321. The molecule has 0 aromatic heterocycles. The quantitative estimate of drug-likeness (QED) is 0.816. The number of hydrogen-bond donors (Lipinski definition) is 1. The van der Waals surface area contributed by atoms with E-state index >= 15 is 0 Å². The number of hydrogen-bond acceptors (Lipinski definition) is 2. The van der Waals surface area contributed by atoms with Crippen molar-refractivity contribution in [1.29, 1.82) is 0 Å². The van der Waals surface area contributed by atoms with Gasteiger partial charge in [0.25, 0.3) is 0 Å². The van der Waals surface area contributed by atoms with Crippen LogP contribution in [0.4, 0.5) is 5.69 Å². The Morgan fingerprint density at radius 3 is 2.40 bits per heavy atom. The number of benzene rings is 1. The molecule has 0 radical (unpaired) electrons. The minimum atomic E-state index is 0.632. The SMILES string of the molecule is CN(CC1CCC1)c1ccc(CN)cc1. The van der Waals surface area contributed by atoms with Crippen LogP contribution in [0.3, 0.4) is 0 Å². The van der Waals surface area contributed by atoms with Gasteiger partial charge in [-0.25, -0.2) is 0 Å². The number of anilines is 1. The molecule has 0 bridgehead atoms. The van der Waals surface area contributed by atoms with Crippen molar-refractivity contribution in [1.82, 2.24) is 0 Å². The molecule has 2 N–H and O–H groups in total. The van der Waals surface area contributed by atoms with Crippen LogP contribution in [-0.2, 0) is 6.54 Å². The number of nitrogens with zero attached hydrogens (tertiary/aromatic N) is 1. The monoisotopic (exact) mass is 204 g/mol. The van der Waals surface area contributed by atoms with Crippen LogP contribution in [0.5, 0.6) is 0 Å². The summed E-state index contributed by atoms with van der Waals surface area (Å²) in [6.07, 6.45) is 4.24. The predicted molar refractivity (Wildman–Crippen MR) is 64.9 cm³/mol. The van der Waals surface area contributed by atoms with Crippen molar-refractivity contribution in [2.24, 2.45) is 11.7 Å². The Morgan fingerprint density at radius 2 is 1.93 bits per heavy atom. The molecular formula is C13H20N2. The Kier molecular flexibility index (Phi) is 3.27. The number of rotatable bonds is 4. The van der Waals surface area contributed by atoms with E-state index in [9.17, 15) is 0 Å². The average molecular weight is 204 g/mol. The van der Waals surface area contributed by atoms with Crippen LogP contribution >= 0.6 is 0 Å². The van der Waals surface area contributed by atoms with E-state index in [0.717, 1.165) is 5.92 Å². The van der Waals surface area contributed by atoms with Gasteiger partial charge in [0.2, 0.25) is 0 Å². The highest BCUT2D eigenvalue weighted by Gasteiger charge is 2.18. The predicted octanol–water partition coefficient (Wildman–Crippen LogP) is 2.38. The van der Waals surface area contributed by atoms with Crippen LogP contribution in [0.1, 0.15) is 24.8 Å². The van der Waals surface area contributed by atoms with E-state index in [4.69, 9.17) is 5.73 Å². The maximum atomic E-state index is 5.57. The molecule has 1 aliphatic carbocycles. The van der Waals surface area contributed by atoms with E-state index in [1.165, 1.54) is 37.1 Å². The van der Waals surface area contributed by atoms with E-state index in [1.807, 2.05) is 0 Å². The highest BCUT2D eigenvalue weighted by atomic mass is 15.1. The molecule has 0 heterocycles. The van der Waals surface area contributed by atoms with Crippen molar-refractivity contribution in [3.63, 3.8) is 0 Å². The first-order chi connectivity index (χ1) is 7.29. The van der Waals surface area contributed by atoms with Gasteiger partial charge >= 0.3 is 0 Å². The van der Waals surface area contributed by atoms with Crippen molar-refractivity contribution >= 4 is 5.69 Å². The minimum Gasteiger partial charge on any atom is -0.374 e. The maximum absolute atomic E-state index is 5.57. The Balaban J connectivity index is 1.94. The van der Waals surface area contributed by atoms with Gasteiger partial charge in [-0.15, -0.1) is 0 Å². The lowest BCUT2D eigenvalue weighted by Gasteiger charge is -2.31. The summed E-state index contributed by atoms with van der Waals surface area (Å²) in [5.74, 6) is 0.921. The lowest BCUT2D eigenvalue weighted by Crippen LogP contribution is -2.29. The normalized spacial score (nSPS) is 16.1. The summed E-state index contributed by atoms with van der Waals surface area (Å²) in [5.41, 5.74) is 8.08. The topological polar surface area (TPSA) is 29.3 Å². The van der Waals surface area contributed by atoms with Gasteiger partial charge in [0.15, 0.2) is 0 Å². The Morgan fingerprint density at radius 1 is 1.27 bits per heavy atom. The number of nitrogens with two attached hydrogens (primary N) is 1. The molecule has 0 amide bonds. The summed E-state index contributed by atoms with van der Waals surface area (Å²) in [5, 5.41) is 0. The zero-order valence-electron chi connectivity index (χ0n) is 9.45. The molecule has 0 aliphatic heterocycles. The highest BCUT2D eigenvalue weighted by Crippen LogP contribution is 2.28. The van der Waals surface area contributed by atoms with E-state index in [0.29, 0.717) is 6.54 Å². The van der Waals surface area contributed by atoms with Crippen molar-refractivity contribution in [3.05, 3.63) is 29.8 Å². The molecule has 1 saturated carbocycles. The summed E-state index contributed by atoms with van der Waals surface area (Å²) in [7, 11) is 2.18. The van der Waals surface area contributed by atoms with Gasteiger partial charge < -0.3 is 10.6 Å². The standard InChI is InChI=1S/C13H20N2/c1-15(10-12-3-2-4-12)13-7-5-11(9-14)6-8-13/h5-8,12H,2-4,9-10,14H2,1H3. The van der Waals surface area contributed by atoms with Crippen molar-refractivity contribution in [2.45, 2.75) is 25.8 Å².